The van der Waals surface area contributed by atoms with Crippen LogP contribution in [0.2, 0.25) is 0 Å². The van der Waals surface area contributed by atoms with Crippen LogP contribution in [0.4, 0.5) is 5.13 Å². The van der Waals surface area contributed by atoms with Gasteiger partial charge in [0.1, 0.15) is 0 Å². The number of rotatable bonds is 4. The smallest absolute Gasteiger partial charge is 0.203 e. The monoisotopic (exact) mass is 225 g/mol. The molecule has 80 valence electrons. The van der Waals surface area contributed by atoms with E-state index in [2.05, 4.69) is 15.3 Å². The molecule has 0 atom stereocenters. The molecule has 0 aromatic carbocycles. The summed E-state index contributed by atoms with van der Waals surface area (Å²) in [5.74, 6) is 0. The Balaban J connectivity index is 2.24. The topological polar surface area (TPSA) is 78.8 Å². The summed E-state index contributed by atoms with van der Waals surface area (Å²) < 4.78 is 6.82. The molecular weight excluding hydrogens is 214 g/mol. The van der Waals surface area contributed by atoms with Crippen LogP contribution in [0.3, 0.4) is 0 Å². The molecule has 0 fully saturated rings. The van der Waals surface area contributed by atoms with Gasteiger partial charge in [0.2, 0.25) is 5.13 Å². The van der Waals surface area contributed by atoms with Crippen molar-refractivity contribution >= 4 is 16.5 Å². The molecule has 0 bridgehead atoms. The molecule has 0 amide bonds. The van der Waals surface area contributed by atoms with Gasteiger partial charge in [-0.3, -0.25) is 4.68 Å². The summed E-state index contributed by atoms with van der Waals surface area (Å²) >= 11 is 1.35. The normalized spacial score (nSPS) is 10.7. The van der Waals surface area contributed by atoms with Gasteiger partial charge in [0.25, 0.3) is 0 Å². The molecule has 2 aromatic rings. The summed E-state index contributed by atoms with van der Waals surface area (Å²) in [6.45, 7) is 1.31. The maximum atomic E-state index is 5.53. The molecule has 0 aliphatic rings. The third kappa shape index (κ3) is 2.13. The molecule has 15 heavy (non-hydrogen) atoms. The summed E-state index contributed by atoms with van der Waals surface area (Å²) in [6, 6.07) is 1.88. The van der Waals surface area contributed by atoms with E-state index in [9.17, 15) is 0 Å². The molecule has 0 unspecified atom stereocenters. The van der Waals surface area contributed by atoms with Crippen LogP contribution in [0.1, 0.15) is 0 Å². The van der Waals surface area contributed by atoms with Gasteiger partial charge in [-0.25, -0.2) is 0 Å². The summed E-state index contributed by atoms with van der Waals surface area (Å²) in [7, 11) is 1.66. The van der Waals surface area contributed by atoms with E-state index in [1.807, 2.05) is 10.7 Å². The lowest BCUT2D eigenvalue weighted by molar-refractivity contribution is 0.184. The molecule has 2 N–H and O–H groups in total. The summed E-state index contributed by atoms with van der Waals surface area (Å²) in [6.07, 6.45) is 1.72. The average molecular weight is 225 g/mol. The van der Waals surface area contributed by atoms with Crippen molar-refractivity contribution in [1.82, 2.24) is 20.0 Å². The zero-order chi connectivity index (χ0) is 10.7. The van der Waals surface area contributed by atoms with Gasteiger partial charge in [-0.15, -0.1) is 10.2 Å². The molecule has 6 nitrogen and oxygen atoms in total. The first-order valence-corrected chi connectivity index (χ1v) is 5.23. The largest absolute Gasteiger partial charge is 0.383 e. The number of ether oxygens (including phenoxy) is 1. The zero-order valence-corrected chi connectivity index (χ0v) is 9.07. The van der Waals surface area contributed by atoms with Crippen molar-refractivity contribution in [2.24, 2.45) is 0 Å². The van der Waals surface area contributed by atoms with Gasteiger partial charge in [-0.05, 0) is 6.07 Å². The van der Waals surface area contributed by atoms with E-state index in [-0.39, 0.29) is 0 Å². The van der Waals surface area contributed by atoms with Crippen molar-refractivity contribution in [3.05, 3.63) is 12.3 Å². The molecule has 0 saturated heterocycles. The Kier molecular flexibility index (Phi) is 2.93. The Hall–Kier alpha value is -1.47. The van der Waals surface area contributed by atoms with Crippen LogP contribution in [0.25, 0.3) is 10.7 Å². The number of nitrogens with two attached hydrogens (primary N) is 1. The van der Waals surface area contributed by atoms with Crippen LogP contribution in [0, 0.1) is 0 Å². The lowest BCUT2D eigenvalue weighted by atomic mass is 10.4. The van der Waals surface area contributed by atoms with Crippen molar-refractivity contribution in [2.45, 2.75) is 6.54 Å². The predicted molar refractivity (Wildman–Crippen MR) is 57.4 cm³/mol. The van der Waals surface area contributed by atoms with E-state index in [0.717, 1.165) is 10.7 Å². The Labute approximate surface area is 90.7 Å². The number of methoxy groups -OCH3 is 1. The van der Waals surface area contributed by atoms with Gasteiger partial charge in [0.15, 0.2) is 5.01 Å². The summed E-state index contributed by atoms with van der Waals surface area (Å²) in [4.78, 5) is 0. The number of nitrogen functional groups attached to an aromatic ring is 1. The van der Waals surface area contributed by atoms with Crippen LogP contribution in [0.5, 0.6) is 0 Å². The van der Waals surface area contributed by atoms with Gasteiger partial charge in [0, 0.05) is 13.3 Å². The van der Waals surface area contributed by atoms with Gasteiger partial charge in [0.05, 0.1) is 18.8 Å². The van der Waals surface area contributed by atoms with E-state index >= 15 is 0 Å². The summed E-state index contributed by atoms with van der Waals surface area (Å²) in [5, 5.41) is 13.2. The Bertz CT molecular complexity index is 438. The third-order valence-corrected chi connectivity index (χ3v) is 2.66. The number of hydrogen-bond donors (Lipinski definition) is 1. The van der Waals surface area contributed by atoms with Crippen LogP contribution in [-0.2, 0) is 11.3 Å². The maximum Gasteiger partial charge on any atom is 0.203 e. The average Bonchev–Trinajstić information content (AvgIpc) is 2.82. The fourth-order valence-electron chi connectivity index (χ4n) is 1.21. The highest BCUT2D eigenvalue weighted by atomic mass is 32.1. The van der Waals surface area contributed by atoms with Gasteiger partial charge < -0.3 is 10.5 Å². The highest BCUT2D eigenvalue weighted by molar-refractivity contribution is 7.18. The number of nitrogens with zero attached hydrogens (tertiary/aromatic N) is 4. The maximum absolute atomic E-state index is 5.53. The molecule has 2 rings (SSSR count). The highest BCUT2D eigenvalue weighted by Gasteiger charge is 2.09. The van der Waals surface area contributed by atoms with Gasteiger partial charge in [-0.1, -0.05) is 11.3 Å². The lowest BCUT2D eigenvalue weighted by Crippen LogP contribution is -2.07. The van der Waals surface area contributed by atoms with Crippen molar-refractivity contribution in [3.63, 3.8) is 0 Å². The van der Waals surface area contributed by atoms with Crippen molar-refractivity contribution in [1.29, 1.82) is 0 Å². The van der Waals surface area contributed by atoms with Crippen LogP contribution in [-0.4, -0.2) is 33.7 Å². The van der Waals surface area contributed by atoms with E-state index in [1.165, 1.54) is 11.3 Å². The van der Waals surface area contributed by atoms with Gasteiger partial charge in [-0.2, -0.15) is 5.10 Å². The van der Waals surface area contributed by atoms with Crippen LogP contribution >= 0.6 is 11.3 Å². The molecule has 2 aromatic heterocycles. The fourth-order valence-corrected chi connectivity index (χ4v) is 1.85. The molecule has 0 radical (unpaired) electrons. The van der Waals surface area contributed by atoms with Crippen LogP contribution in [0.15, 0.2) is 12.3 Å². The minimum absolute atomic E-state index is 0.462. The molecule has 2 heterocycles. The summed E-state index contributed by atoms with van der Waals surface area (Å²) in [5.41, 5.74) is 6.44. The quantitative estimate of drug-likeness (QED) is 0.825. The predicted octanol–water partition coefficient (Wildman–Crippen LogP) is 0.630. The molecular formula is C8H11N5OS. The van der Waals surface area contributed by atoms with Crippen molar-refractivity contribution in [3.8, 4) is 10.7 Å². The molecule has 7 heteroatoms. The number of hydrogen-bond acceptors (Lipinski definition) is 6. The standard InChI is InChI=1S/C8H11N5OS/c1-14-5-4-13-6(2-3-10-13)7-11-12-8(9)15-7/h2-3H,4-5H2,1H3,(H2,9,12). The van der Waals surface area contributed by atoms with Gasteiger partial charge >= 0.3 is 0 Å². The third-order valence-electron chi connectivity index (χ3n) is 1.88. The first kappa shape index (κ1) is 10.1. The molecule has 0 saturated carbocycles. The molecule has 0 aliphatic carbocycles. The zero-order valence-electron chi connectivity index (χ0n) is 8.25. The minimum atomic E-state index is 0.462. The number of aromatic nitrogens is 4. The van der Waals surface area contributed by atoms with Crippen molar-refractivity contribution in [2.75, 3.05) is 19.5 Å². The minimum Gasteiger partial charge on any atom is -0.383 e. The fraction of sp³-hybridized carbons (Fsp3) is 0.375. The second-order valence-electron chi connectivity index (χ2n) is 2.88. The lowest BCUT2D eigenvalue weighted by Gasteiger charge is -2.03. The first-order chi connectivity index (χ1) is 7.31. The second-order valence-corrected chi connectivity index (χ2v) is 3.89. The highest BCUT2D eigenvalue weighted by Crippen LogP contribution is 2.23. The van der Waals surface area contributed by atoms with E-state index in [1.54, 1.807) is 13.3 Å². The second kappa shape index (κ2) is 4.37. The van der Waals surface area contributed by atoms with Crippen molar-refractivity contribution < 1.29 is 4.74 Å². The SMILES string of the molecule is COCCn1nccc1-c1nnc(N)s1. The number of anilines is 1. The van der Waals surface area contributed by atoms with E-state index in [0.29, 0.717) is 18.3 Å². The van der Waals surface area contributed by atoms with E-state index in [4.69, 9.17) is 10.5 Å². The Morgan fingerprint density at radius 3 is 3.07 bits per heavy atom. The van der Waals surface area contributed by atoms with Crippen LogP contribution < -0.4 is 5.73 Å². The first-order valence-electron chi connectivity index (χ1n) is 4.41. The Morgan fingerprint density at radius 2 is 2.40 bits per heavy atom. The Morgan fingerprint density at radius 1 is 1.53 bits per heavy atom. The molecule has 0 spiro atoms. The van der Waals surface area contributed by atoms with E-state index < -0.39 is 0 Å². The molecule has 0 aliphatic heterocycles.